The van der Waals surface area contributed by atoms with Crippen molar-refractivity contribution in [2.45, 2.75) is 52.9 Å². The lowest BCUT2D eigenvalue weighted by molar-refractivity contribution is -0.00924. The average Bonchev–Trinajstić information content (AvgIpc) is 3.42. The lowest BCUT2D eigenvalue weighted by Gasteiger charge is -2.40. The molecule has 1 atom stereocenters. The molecular formula is C30H40N6O4. The molecule has 3 N–H and O–H groups in total. The first-order chi connectivity index (χ1) is 19.3. The molecule has 0 saturated carbocycles. The van der Waals surface area contributed by atoms with E-state index >= 15 is 0 Å². The molecule has 3 aromatic rings. The standard InChI is InChI=1S/C28H34N6O4.C2H6/c1-19-8-7-11-22(24(19)26(36)29-18-28(2,3)33-12-14-37-15-13-33)38-17-21-16-23(35)34-27(30-21)31-25(32-34)20-9-5-4-6-10-20;1-2/h4-11,16,25,32H,12-15,17-18H2,1-3H3,(H,29,36)(H,30,31);1-2H3. The first-order valence-electron chi connectivity index (χ1n) is 13.9. The van der Waals surface area contributed by atoms with Gasteiger partial charge in [0.2, 0.25) is 5.95 Å². The summed E-state index contributed by atoms with van der Waals surface area (Å²) in [4.78, 5) is 32.9. The fourth-order valence-electron chi connectivity index (χ4n) is 4.79. The molecule has 40 heavy (non-hydrogen) atoms. The van der Waals surface area contributed by atoms with Crippen LogP contribution in [0.4, 0.5) is 5.95 Å². The van der Waals surface area contributed by atoms with Crippen LogP contribution >= 0.6 is 0 Å². The molecule has 1 amide bonds. The smallest absolute Gasteiger partial charge is 0.273 e. The van der Waals surface area contributed by atoms with E-state index in [0.717, 1.165) is 24.2 Å². The molecule has 2 aliphatic heterocycles. The number of benzene rings is 2. The normalized spacial score (nSPS) is 16.6. The Hall–Kier alpha value is -3.89. The van der Waals surface area contributed by atoms with Crippen molar-refractivity contribution in [2.75, 3.05) is 43.6 Å². The average molecular weight is 549 g/mol. The van der Waals surface area contributed by atoms with E-state index in [1.165, 1.54) is 10.7 Å². The zero-order chi connectivity index (χ0) is 28.7. The Labute approximate surface area is 235 Å². The molecule has 214 valence electrons. The van der Waals surface area contributed by atoms with Crippen LogP contribution in [-0.2, 0) is 11.3 Å². The summed E-state index contributed by atoms with van der Waals surface area (Å²) in [5.74, 6) is 0.665. The highest BCUT2D eigenvalue weighted by Gasteiger charge is 2.29. The van der Waals surface area contributed by atoms with Gasteiger partial charge in [-0.1, -0.05) is 56.3 Å². The monoisotopic (exact) mass is 548 g/mol. The van der Waals surface area contributed by atoms with E-state index in [0.29, 0.717) is 42.7 Å². The third kappa shape index (κ3) is 6.63. The van der Waals surface area contributed by atoms with Gasteiger partial charge < -0.3 is 20.1 Å². The summed E-state index contributed by atoms with van der Waals surface area (Å²) in [7, 11) is 0. The molecule has 2 aliphatic rings. The van der Waals surface area contributed by atoms with Crippen molar-refractivity contribution in [3.05, 3.63) is 87.3 Å². The van der Waals surface area contributed by atoms with Gasteiger partial charge in [-0.25, -0.2) is 4.98 Å². The third-order valence-corrected chi connectivity index (χ3v) is 7.02. The van der Waals surface area contributed by atoms with Crippen molar-refractivity contribution in [3.63, 3.8) is 0 Å². The van der Waals surface area contributed by atoms with Gasteiger partial charge in [-0.15, -0.1) is 0 Å². The predicted molar refractivity (Wildman–Crippen MR) is 156 cm³/mol. The SMILES string of the molecule is CC.Cc1cccc(OCc2cc(=O)n3c(n2)NC(c2ccccc2)N3)c1C(=O)NCC(C)(C)N1CCOCC1. The van der Waals surface area contributed by atoms with Gasteiger partial charge in [-0.2, -0.15) is 4.68 Å². The second kappa shape index (κ2) is 13.0. The minimum Gasteiger partial charge on any atom is -0.486 e. The van der Waals surface area contributed by atoms with Crippen LogP contribution in [0.3, 0.4) is 0 Å². The van der Waals surface area contributed by atoms with Crippen LogP contribution < -0.4 is 26.4 Å². The summed E-state index contributed by atoms with van der Waals surface area (Å²) >= 11 is 0. The Morgan fingerprint density at radius 3 is 2.58 bits per heavy atom. The third-order valence-electron chi connectivity index (χ3n) is 7.02. The molecule has 1 aromatic heterocycles. The summed E-state index contributed by atoms with van der Waals surface area (Å²) in [5, 5.41) is 6.33. The van der Waals surface area contributed by atoms with Crippen LogP contribution in [0.5, 0.6) is 5.75 Å². The maximum Gasteiger partial charge on any atom is 0.273 e. The lowest BCUT2D eigenvalue weighted by Crippen LogP contribution is -2.55. The van der Waals surface area contributed by atoms with E-state index in [1.54, 1.807) is 6.07 Å². The van der Waals surface area contributed by atoms with Crippen molar-refractivity contribution < 1.29 is 14.3 Å². The molecule has 5 rings (SSSR count). The Balaban J connectivity index is 0.00000181. The van der Waals surface area contributed by atoms with Crippen LogP contribution in [0.15, 0.2) is 59.4 Å². The number of amides is 1. The first-order valence-corrected chi connectivity index (χ1v) is 13.9. The molecule has 2 aromatic carbocycles. The van der Waals surface area contributed by atoms with Crippen LogP contribution in [0.1, 0.15) is 61.0 Å². The zero-order valence-corrected chi connectivity index (χ0v) is 24.0. The number of ether oxygens (including phenoxy) is 2. The molecule has 0 bridgehead atoms. The molecule has 3 heterocycles. The number of rotatable bonds is 8. The quantitative estimate of drug-likeness (QED) is 0.391. The summed E-state index contributed by atoms with van der Waals surface area (Å²) in [5.41, 5.74) is 5.41. The molecule has 1 fully saturated rings. The second-order valence-corrected chi connectivity index (χ2v) is 10.2. The number of carbonyl (C=O) groups excluding carboxylic acids is 1. The van der Waals surface area contributed by atoms with Gasteiger partial charge in [0.25, 0.3) is 11.5 Å². The molecule has 1 saturated heterocycles. The number of nitrogens with one attached hydrogen (secondary N) is 3. The van der Waals surface area contributed by atoms with E-state index in [9.17, 15) is 9.59 Å². The van der Waals surface area contributed by atoms with Crippen molar-refractivity contribution in [1.29, 1.82) is 0 Å². The Morgan fingerprint density at radius 1 is 1.12 bits per heavy atom. The van der Waals surface area contributed by atoms with E-state index in [2.05, 4.69) is 39.8 Å². The second-order valence-electron chi connectivity index (χ2n) is 10.2. The van der Waals surface area contributed by atoms with Gasteiger partial charge in [-0.05, 0) is 38.0 Å². The molecule has 10 nitrogen and oxygen atoms in total. The fourth-order valence-corrected chi connectivity index (χ4v) is 4.79. The fraction of sp³-hybridized carbons (Fsp3) is 0.433. The maximum atomic E-state index is 13.3. The van der Waals surface area contributed by atoms with Crippen molar-refractivity contribution in [3.8, 4) is 5.75 Å². The van der Waals surface area contributed by atoms with Gasteiger partial charge in [-0.3, -0.25) is 19.9 Å². The van der Waals surface area contributed by atoms with Crippen LogP contribution in [0.25, 0.3) is 0 Å². The number of nitrogens with zero attached hydrogens (tertiary/aromatic N) is 3. The predicted octanol–water partition coefficient (Wildman–Crippen LogP) is 3.67. The van der Waals surface area contributed by atoms with Gasteiger partial charge in [0.05, 0.1) is 24.5 Å². The van der Waals surface area contributed by atoms with Gasteiger partial charge in [0.1, 0.15) is 18.5 Å². The number of fused-ring (bicyclic) bond motifs is 1. The summed E-state index contributed by atoms with van der Waals surface area (Å²) in [6.07, 6.45) is -0.263. The van der Waals surface area contributed by atoms with Crippen molar-refractivity contribution in [2.24, 2.45) is 0 Å². The molecule has 0 spiro atoms. The number of carbonyl (C=O) groups is 1. The molecule has 0 radical (unpaired) electrons. The van der Waals surface area contributed by atoms with E-state index < -0.39 is 0 Å². The highest BCUT2D eigenvalue weighted by atomic mass is 16.5. The topological polar surface area (TPSA) is 110 Å². The van der Waals surface area contributed by atoms with Gasteiger partial charge >= 0.3 is 0 Å². The summed E-state index contributed by atoms with van der Waals surface area (Å²) in [6.45, 7) is 13.7. The first kappa shape index (κ1) is 29.1. The van der Waals surface area contributed by atoms with Gasteiger partial charge in [0.15, 0.2) is 0 Å². The van der Waals surface area contributed by atoms with E-state index in [4.69, 9.17) is 9.47 Å². The lowest BCUT2D eigenvalue weighted by atomic mass is 10.0. The minimum absolute atomic E-state index is 0.0454. The summed E-state index contributed by atoms with van der Waals surface area (Å²) < 4.78 is 12.9. The molecular weight excluding hydrogens is 508 g/mol. The number of hydrogen-bond donors (Lipinski definition) is 3. The Kier molecular flexibility index (Phi) is 9.44. The van der Waals surface area contributed by atoms with Gasteiger partial charge in [0, 0.05) is 31.2 Å². The van der Waals surface area contributed by atoms with Crippen LogP contribution in [0.2, 0.25) is 0 Å². The summed E-state index contributed by atoms with van der Waals surface area (Å²) in [6, 6.07) is 16.7. The van der Waals surface area contributed by atoms with Crippen LogP contribution in [0, 0.1) is 6.92 Å². The highest BCUT2D eigenvalue weighted by molar-refractivity contribution is 5.98. The molecule has 1 unspecified atom stereocenters. The van der Waals surface area contributed by atoms with Crippen LogP contribution in [-0.4, -0.2) is 58.9 Å². The Morgan fingerprint density at radius 2 is 1.85 bits per heavy atom. The molecule has 0 aliphatic carbocycles. The number of morpholine rings is 1. The van der Waals surface area contributed by atoms with E-state index in [-0.39, 0.29) is 29.8 Å². The number of anilines is 1. The van der Waals surface area contributed by atoms with Crippen molar-refractivity contribution >= 4 is 11.9 Å². The highest BCUT2D eigenvalue weighted by Crippen LogP contribution is 2.25. The largest absolute Gasteiger partial charge is 0.486 e. The van der Waals surface area contributed by atoms with E-state index in [1.807, 2.05) is 63.2 Å². The Bertz CT molecular complexity index is 1350. The number of aromatic nitrogens is 2. The minimum atomic E-state index is -0.263. The zero-order valence-electron chi connectivity index (χ0n) is 24.0. The number of aryl methyl sites for hydroxylation is 1. The maximum absolute atomic E-state index is 13.3. The molecule has 10 heteroatoms. The van der Waals surface area contributed by atoms with Crippen molar-refractivity contribution in [1.82, 2.24) is 19.9 Å². The number of hydrogen-bond acceptors (Lipinski definition) is 8.